The Bertz CT molecular complexity index is 4620. The van der Waals surface area contributed by atoms with Gasteiger partial charge in [-0.3, -0.25) is 22.9 Å². The minimum Gasteiger partial charge on any atom is -0.255 e. The lowest BCUT2D eigenvalue weighted by Crippen LogP contribution is -2.22. The number of hydrogen-bond donors (Lipinski definition) is 0. The number of fused-ring (bicyclic) bond motifs is 4. The number of para-hydroxylation sites is 1. The molecule has 0 amide bonds. The highest BCUT2D eigenvalue weighted by atomic mass is 19.1. The molecule has 0 bridgehead atoms. The number of nitrogens with zero attached hydrogens (tertiary/aromatic N) is 6. The van der Waals surface area contributed by atoms with Gasteiger partial charge in [0.05, 0.1) is 46.1 Å². The van der Waals surface area contributed by atoms with E-state index < -0.39 is 11.6 Å². The van der Waals surface area contributed by atoms with Crippen molar-refractivity contribution < 1.29 is 36.2 Å². The molecule has 8 heteroatoms. The number of allylic oxidation sites excluding steroid dienone is 10. The second-order valence-electron chi connectivity index (χ2n) is 26.9. The molecule has 0 saturated carbocycles. The first-order valence-corrected chi connectivity index (χ1v) is 33.8. The largest absolute Gasteiger partial charge is 0.255 e. The molecule has 100 heavy (non-hydrogen) atoms. The van der Waals surface area contributed by atoms with Crippen LogP contribution in [0.15, 0.2) is 259 Å². The van der Waals surface area contributed by atoms with Crippen molar-refractivity contribution in [3.05, 3.63) is 402 Å². The van der Waals surface area contributed by atoms with Crippen molar-refractivity contribution in [2.24, 2.45) is 0 Å². The van der Waals surface area contributed by atoms with Crippen LogP contribution in [-0.2, 0) is 5.41 Å². The van der Waals surface area contributed by atoms with Gasteiger partial charge >= 0.3 is 0 Å². The fourth-order valence-corrected chi connectivity index (χ4v) is 14.0. The van der Waals surface area contributed by atoms with Crippen LogP contribution in [0.25, 0.3) is 6.08 Å². The zero-order valence-corrected chi connectivity index (χ0v) is 61.2. The zero-order valence-electron chi connectivity index (χ0n) is 61.2. The quantitative estimate of drug-likeness (QED) is 0.121. The fourth-order valence-electron chi connectivity index (χ4n) is 14.0. The van der Waals surface area contributed by atoms with Crippen LogP contribution in [0.1, 0.15) is 136 Å². The highest BCUT2D eigenvalue weighted by molar-refractivity contribution is 5.68. The molecule has 7 aromatic carbocycles. The van der Waals surface area contributed by atoms with Crippen LogP contribution >= 0.6 is 0 Å². The molecular weight excluding hydrogens is 1230 g/mol. The molecule has 6 nitrogen and oxygen atoms in total. The van der Waals surface area contributed by atoms with Gasteiger partial charge in [-0.1, -0.05) is 277 Å². The maximum Gasteiger partial charge on any atom is 0.159 e. The molecule has 0 aromatic heterocycles. The molecule has 6 aliphatic heterocycles. The molecule has 0 unspecified atom stereocenters. The summed E-state index contributed by atoms with van der Waals surface area (Å²) in [6.45, 7) is 56.0. The van der Waals surface area contributed by atoms with E-state index in [-0.39, 0.29) is 5.41 Å². The summed E-state index contributed by atoms with van der Waals surface area (Å²) in [6.07, 6.45) is 34.5. The Morgan fingerprint density at radius 1 is 0.360 bits per heavy atom. The van der Waals surface area contributed by atoms with Gasteiger partial charge in [-0.05, 0) is 119 Å². The van der Waals surface area contributed by atoms with Crippen LogP contribution in [0.2, 0.25) is 0 Å². The Labute approximate surface area is 595 Å². The topological polar surface area (TPSA) is 18.1 Å². The molecule has 7 aliphatic rings. The summed E-state index contributed by atoms with van der Waals surface area (Å²) in [5.74, 6) is -1.12. The third-order valence-electron chi connectivity index (χ3n) is 18.9. The average molecular weight is 1320 g/mol. The molecule has 0 atom stereocenters. The summed E-state index contributed by atoms with van der Waals surface area (Å²) in [5.41, 5.74) is 27.8. The summed E-state index contributed by atoms with van der Waals surface area (Å²) in [4.78, 5) is 0. The molecule has 0 N–H and O–H groups in total. The SMILES string of the molecule is C=[N+]1C=CC=C(C)[C-]1c1c(C)cc(C)cc1C.C=[N+]1C=CC=C(C)[C-]1c1c(C)cc(F)cc1F.C=[N+]1C=CC=C(C)[C-]1c1c(C)cccc1C.C=[N+]1C=CC=C(C)[C-]1c1ccccc1C.C=[N+]1C=CC=C2[C-]1c1c(C)cccc1C2(C)C.C=[N+]1c2ccccc2C=C[C-]1c1ccccc1C. The molecular formula is C92H96F2N6. The van der Waals surface area contributed by atoms with Gasteiger partial charge in [0, 0.05) is 5.56 Å². The Morgan fingerprint density at radius 2 is 0.750 bits per heavy atom. The second-order valence-corrected chi connectivity index (χ2v) is 26.9. The van der Waals surface area contributed by atoms with Crippen molar-refractivity contribution in [1.82, 2.24) is 0 Å². The predicted octanol–water partition coefficient (Wildman–Crippen LogP) is 20.7. The van der Waals surface area contributed by atoms with Crippen LogP contribution in [0.3, 0.4) is 0 Å². The lowest BCUT2D eigenvalue weighted by molar-refractivity contribution is -0.420. The Morgan fingerprint density at radius 3 is 1.24 bits per heavy atom. The molecule has 0 saturated heterocycles. The zero-order chi connectivity index (χ0) is 72.4. The highest BCUT2D eigenvalue weighted by Gasteiger charge is 2.43. The standard InChI is InChI=1S/C17H15N.C16H17N.C16H19N.C15H17N.C14H13F2N.C14H15N/c1-13-7-3-5-9-15(13)17-12-11-14-8-4-6-10-16(14)18(17)2;1-11-7-5-8-12-14(11)15-13(16(12,2)3)9-6-10-17(15)4;1-11-9-13(3)15(14(4)10-11)16-12(2)7-6-8-17(16)5;1-11-7-5-8-12(2)14(11)15-13(3)9-6-10-16(15)4;1-9-5-4-6-17(3)14(9)13-10(2)7-11(15)8-12(13)16;1-11-7-4-5-9-13(11)14-12(2)8-6-10-15(14)3/h3-12H,2H2,1H3;5-10H,4H2,1-3H3;6-10H,5H2,1-4H3;5-10H,4H2,1-3H3;4-8H,3H2,1-2H3;4-10H,3H2,1-2H3. The summed E-state index contributed by atoms with van der Waals surface area (Å²) in [5, 5.41) is 0. The van der Waals surface area contributed by atoms with E-state index in [0.29, 0.717) is 17.2 Å². The van der Waals surface area contributed by atoms with Crippen molar-refractivity contribution in [3.63, 3.8) is 0 Å². The lowest BCUT2D eigenvalue weighted by Gasteiger charge is -2.26. The van der Waals surface area contributed by atoms with Gasteiger partial charge in [0.2, 0.25) is 0 Å². The first-order valence-electron chi connectivity index (χ1n) is 33.8. The van der Waals surface area contributed by atoms with Crippen LogP contribution in [0.5, 0.6) is 0 Å². The van der Waals surface area contributed by atoms with E-state index in [2.05, 4.69) is 288 Å². The first-order chi connectivity index (χ1) is 47.6. The molecule has 508 valence electrons. The van der Waals surface area contributed by atoms with Crippen LogP contribution in [0.4, 0.5) is 14.5 Å². The maximum absolute atomic E-state index is 13.9. The smallest absolute Gasteiger partial charge is 0.159 e. The number of aryl methyl sites for hydroxylation is 9. The predicted molar refractivity (Wildman–Crippen MR) is 417 cm³/mol. The van der Waals surface area contributed by atoms with Crippen molar-refractivity contribution >= 4 is 52.1 Å². The summed E-state index contributed by atoms with van der Waals surface area (Å²) in [7, 11) is 0. The van der Waals surface area contributed by atoms with Crippen LogP contribution in [0, 0.1) is 110 Å². The van der Waals surface area contributed by atoms with Crippen molar-refractivity contribution in [3.8, 4) is 0 Å². The molecule has 0 spiro atoms. The van der Waals surface area contributed by atoms with E-state index in [1.807, 2.05) is 91.0 Å². The van der Waals surface area contributed by atoms with E-state index in [9.17, 15) is 8.78 Å². The van der Waals surface area contributed by atoms with Gasteiger partial charge in [0.15, 0.2) is 17.8 Å². The van der Waals surface area contributed by atoms with Crippen molar-refractivity contribution in [2.75, 3.05) is 0 Å². The highest BCUT2D eigenvalue weighted by Crippen LogP contribution is 2.52. The van der Waals surface area contributed by atoms with Gasteiger partial charge in [0.1, 0.15) is 61.0 Å². The van der Waals surface area contributed by atoms with Gasteiger partial charge in [-0.25, -0.2) is 13.4 Å². The Kier molecular flexibility index (Phi) is 23.0. The lowest BCUT2D eigenvalue weighted by atomic mass is 9.81. The van der Waals surface area contributed by atoms with Gasteiger partial charge in [-0.15, -0.1) is 36.4 Å². The number of rotatable bonds is 5. The van der Waals surface area contributed by atoms with E-state index in [0.717, 1.165) is 23.4 Å². The first kappa shape index (κ1) is 73.0. The summed E-state index contributed by atoms with van der Waals surface area (Å²) < 4.78 is 38.4. The number of hydrogen-bond acceptors (Lipinski definition) is 0. The van der Waals surface area contributed by atoms with Gasteiger partial charge in [0.25, 0.3) is 0 Å². The minimum atomic E-state index is -0.562. The van der Waals surface area contributed by atoms with E-state index in [4.69, 9.17) is 0 Å². The van der Waals surface area contributed by atoms with Crippen LogP contribution < -0.4 is 0 Å². The van der Waals surface area contributed by atoms with E-state index in [1.54, 1.807) is 17.7 Å². The molecule has 1 aliphatic carbocycles. The Hall–Kier alpha value is -11.2. The van der Waals surface area contributed by atoms with E-state index in [1.165, 1.54) is 136 Å². The molecule has 7 aromatic rings. The van der Waals surface area contributed by atoms with E-state index >= 15 is 0 Å². The summed E-state index contributed by atoms with van der Waals surface area (Å²) >= 11 is 0. The second kappa shape index (κ2) is 31.5. The average Bonchev–Trinajstić information content (AvgIpc) is 1.56. The van der Waals surface area contributed by atoms with Crippen LogP contribution in [-0.4, -0.2) is 67.8 Å². The molecule has 0 fully saturated rings. The molecule has 0 radical (unpaired) electrons. The van der Waals surface area contributed by atoms with Crippen molar-refractivity contribution in [2.45, 2.75) is 109 Å². The normalized spacial score (nSPS) is 15.8. The summed E-state index contributed by atoms with van der Waals surface area (Å²) in [6, 6.07) is 51.4. The van der Waals surface area contributed by atoms with Crippen molar-refractivity contribution in [1.29, 1.82) is 0 Å². The minimum absolute atomic E-state index is 0.0807. The maximum atomic E-state index is 13.9. The monoisotopic (exact) mass is 1320 g/mol. The number of benzene rings is 7. The third kappa shape index (κ3) is 15.8. The molecule has 14 rings (SSSR count). The number of halogens is 2. The Balaban J connectivity index is 0.000000140. The molecule has 6 heterocycles. The fraction of sp³-hybridized carbons (Fsp3) is 0.174. The van der Waals surface area contributed by atoms with Gasteiger partial charge in [-0.2, -0.15) is 0 Å². The van der Waals surface area contributed by atoms with Gasteiger partial charge < -0.3 is 0 Å². The third-order valence-corrected chi connectivity index (χ3v) is 18.9.